The molecule has 3 heteroatoms. The second-order valence-corrected chi connectivity index (χ2v) is 6.43. The number of nitrogens with zero attached hydrogens (tertiary/aromatic N) is 3. The molecule has 0 aliphatic carbocycles. The van der Waals surface area contributed by atoms with Gasteiger partial charge in [0.25, 0.3) is 0 Å². The van der Waals surface area contributed by atoms with Crippen LogP contribution in [0, 0.1) is 0 Å². The van der Waals surface area contributed by atoms with Gasteiger partial charge in [-0.1, -0.05) is 27.7 Å². The molecular formula is C19H25N3. The first kappa shape index (κ1) is 15.0. The molecule has 3 aromatic rings. The van der Waals surface area contributed by atoms with E-state index >= 15 is 0 Å². The number of hydrogen-bond acceptors (Lipinski definition) is 2. The minimum Gasteiger partial charge on any atom is -0.343 e. The normalized spacial score (nSPS) is 14.6. The van der Waals surface area contributed by atoms with E-state index < -0.39 is 0 Å². The number of hydrogen-bond donors (Lipinski definition) is 0. The van der Waals surface area contributed by atoms with Crippen molar-refractivity contribution in [1.29, 1.82) is 0 Å². The van der Waals surface area contributed by atoms with Gasteiger partial charge in [-0.15, -0.1) is 0 Å². The molecule has 116 valence electrons. The molecule has 0 N–H and O–H groups in total. The van der Waals surface area contributed by atoms with Crippen LogP contribution in [0.5, 0.6) is 0 Å². The Morgan fingerprint density at radius 2 is 1.27 bits per heavy atom. The summed E-state index contributed by atoms with van der Waals surface area (Å²) in [7, 11) is 2.14. The molecule has 0 saturated carbocycles. The Balaban J connectivity index is 2.23. The van der Waals surface area contributed by atoms with Crippen LogP contribution in [0.2, 0.25) is 0 Å². The Morgan fingerprint density at radius 1 is 0.864 bits per heavy atom. The lowest BCUT2D eigenvalue weighted by atomic mass is 10.0. The van der Waals surface area contributed by atoms with E-state index in [1.807, 2.05) is 12.4 Å². The molecule has 0 aliphatic heterocycles. The van der Waals surface area contributed by atoms with E-state index in [9.17, 15) is 0 Å². The Hall–Kier alpha value is -1.90. The van der Waals surface area contributed by atoms with Crippen molar-refractivity contribution in [3.8, 4) is 0 Å². The van der Waals surface area contributed by atoms with E-state index in [0.717, 1.165) is 12.8 Å². The first-order chi connectivity index (χ1) is 10.6. The monoisotopic (exact) mass is 295 g/mol. The van der Waals surface area contributed by atoms with Gasteiger partial charge < -0.3 is 4.57 Å². The molecule has 0 fully saturated rings. The zero-order chi connectivity index (χ0) is 15.9. The largest absolute Gasteiger partial charge is 0.343 e. The summed E-state index contributed by atoms with van der Waals surface area (Å²) in [6.07, 6.45) is 6.26. The second kappa shape index (κ2) is 5.71. The van der Waals surface area contributed by atoms with E-state index in [2.05, 4.69) is 61.4 Å². The minimum absolute atomic E-state index is 0.496. The molecule has 2 unspecified atom stereocenters. The molecule has 2 atom stereocenters. The number of fused-ring (bicyclic) bond motifs is 3. The van der Waals surface area contributed by atoms with Gasteiger partial charge >= 0.3 is 0 Å². The Morgan fingerprint density at radius 3 is 1.64 bits per heavy atom. The Bertz CT molecular complexity index is 749. The lowest BCUT2D eigenvalue weighted by Gasteiger charge is -2.08. The first-order valence-corrected chi connectivity index (χ1v) is 8.30. The van der Waals surface area contributed by atoms with Gasteiger partial charge in [-0.05, 0) is 36.8 Å². The van der Waals surface area contributed by atoms with Gasteiger partial charge in [0.15, 0.2) is 0 Å². The summed E-state index contributed by atoms with van der Waals surface area (Å²) in [5, 5.41) is 2.40. The van der Waals surface area contributed by atoms with Crippen molar-refractivity contribution in [2.24, 2.45) is 7.05 Å². The summed E-state index contributed by atoms with van der Waals surface area (Å²) < 4.78 is 2.28. The van der Waals surface area contributed by atoms with Gasteiger partial charge in [0.2, 0.25) is 0 Å². The highest BCUT2D eigenvalue weighted by molar-refractivity contribution is 6.07. The van der Waals surface area contributed by atoms with E-state index in [4.69, 9.17) is 0 Å². The quantitative estimate of drug-likeness (QED) is 0.666. The lowest BCUT2D eigenvalue weighted by Crippen LogP contribution is -1.97. The molecule has 0 saturated heterocycles. The van der Waals surface area contributed by atoms with Crippen molar-refractivity contribution in [2.75, 3.05) is 0 Å². The van der Waals surface area contributed by atoms with Gasteiger partial charge in [0.1, 0.15) is 0 Å². The molecule has 3 rings (SSSR count). The van der Waals surface area contributed by atoms with Crippen molar-refractivity contribution in [3.63, 3.8) is 0 Å². The molecule has 0 amide bonds. The minimum atomic E-state index is 0.496. The predicted octanol–water partition coefficient (Wildman–Crippen LogP) is 5.15. The summed E-state index contributed by atoms with van der Waals surface area (Å²) in [6.45, 7) is 8.89. The second-order valence-electron chi connectivity index (χ2n) is 6.43. The fourth-order valence-corrected chi connectivity index (χ4v) is 2.98. The summed E-state index contributed by atoms with van der Waals surface area (Å²) in [5.74, 6) is 0.993. The van der Waals surface area contributed by atoms with Crippen LogP contribution >= 0.6 is 0 Å². The summed E-state index contributed by atoms with van der Waals surface area (Å²) in [5.41, 5.74) is 4.86. The molecule has 0 radical (unpaired) electrons. The topological polar surface area (TPSA) is 30.7 Å². The summed E-state index contributed by atoms with van der Waals surface area (Å²) >= 11 is 0. The van der Waals surface area contributed by atoms with Crippen LogP contribution in [-0.4, -0.2) is 14.5 Å². The zero-order valence-corrected chi connectivity index (χ0v) is 14.2. The van der Waals surface area contributed by atoms with Crippen LogP contribution in [0.3, 0.4) is 0 Å². The smallest absolute Gasteiger partial charge is 0.0523 e. The number of aryl methyl sites for hydroxylation is 1. The molecule has 3 aromatic heterocycles. The molecular weight excluding hydrogens is 270 g/mol. The van der Waals surface area contributed by atoms with Crippen LogP contribution in [0.4, 0.5) is 0 Å². The molecule has 0 aromatic carbocycles. The van der Waals surface area contributed by atoms with Crippen molar-refractivity contribution in [3.05, 3.63) is 35.9 Å². The molecule has 0 bridgehead atoms. The zero-order valence-electron chi connectivity index (χ0n) is 14.2. The lowest BCUT2D eigenvalue weighted by molar-refractivity contribution is 0.708. The van der Waals surface area contributed by atoms with Crippen molar-refractivity contribution in [2.45, 2.75) is 52.4 Å². The van der Waals surface area contributed by atoms with E-state index in [1.165, 1.54) is 33.2 Å². The van der Waals surface area contributed by atoms with Gasteiger partial charge in [0, 0.05) is 41.6 Å². The summed E-state index contributed by atoms with van der Waals surface area (Å²) in [4.78, 5) is 9.35. The first-order valence-electron chi connectivity index (χ1n) is 8.30. The third kappa shape index (κ3) is 2.29. The van der Waals surface area contributed by atoms with Crippen LogP contribution in [-0.2, 0) is 7.05 Å². The summed E-state index contributed by atoms with van der Waals surface area (Å²) in [6, 6.07) is 4.48. The van der Waals surface area contributed by atoms with Crippen LogP contribution < -0.4 is 0 Å². The standard InChI is InChI=1S/C19H25N3/c1-6-12(3)16-8-18-14(10-20-16)15-11-21-17(13(4)7-2)9-19(15)22(18)5/h8-13H,6-7H2,1-5H3. The van der Waals surface area contributed by atoms with E-state index in [1.54, 1.807) is 0 Å². The average Bonchev–Trinajstić information content (AvgIpc) is 2.85. The molecule has 22 heavy (non-hydrogen) atoms. The fraction of sp³-hybridized carbons (Fsp3) is 0.474. The Kier molecular flexibility index (Phi) is 3.90. The van der Waals surface area contributed by atoms with Crippen LogP contribution in [0.25, 0.3) is 21.8 Å². The fourth-order valence-electron chi connectivity index (χ4n) is 2.98. The number of aromatic nitrogens is 3. The van der Waals surface area contributed by atoms with E-state index in [-0.39, 0.29) is 0 Å². The van der Waals surface area contributed by atoms with Gasteiger partial charge in [-0.2, -0.15) is 0 Å². The molecule has 0 aliphatic rings. The number of rotatable bonds is 4. The maximum atomic E-state index is 4.67. The maximum absolute atomic E-state index is 4.67. The Labute approximate surface area is 132 Å². The third-order valence-electron chi connectivity index (χ3n) is 5.05. The number of pyridine rings is 2. The highest BCUT2D eigenvalue weighted by Gasteiger charge is 2.14. The SMILES string of the molecule is CCC(C)c1cc2c(cn1)c1cnc(C(C)CC)cc1n2C. The van der Waals surface area contributed by atoms with Crippen LogP contribution in [0.15, 0.2) is 24.5 Å². The van der Waals surface area contributed by atoms with Crippen molar-refractivity contribution in [1.82, 2.24) is 14.5 Å². The molecule has 3 heterocycles. The van der Waals surface area contributed by atoms with Crippen molar-refractivity contribution < 1.29 is 0 Å². The molecule has 0 spiro atoms. The highest BCUT2D eigenvalue weighted by atomic mass is 14.9. The maximum Gasteiger partial charge on any atom is 0.0523 e. The highest BCUT2D eigenvalue weighted by Crippen LogP contribution is 2.31. The van der Waals surface area contributed by atoms with Gasteiger partial charge in [-0.25, -0.2) is 0 Å². The predicted molar refractivity (Wildman–Crippen MR) is 93.4 cm³/mol. The van der Waals surface area contributed by atoms with Crippen LogP contribution in [0.1, 0.15) is 63.8 Å². The van der Waals surface area contributed by atoms with E-state index in [0.29, 0.717) is 11.8 Å². The van der Waals surface area contributed by atoms with Gasteiger partial charge in [0.05, 0.1) is 11.0 Å². The average molecular weight is 295 g/mol. The van der Waals surface area contributed by atoms with Crippen molar-refractivity contribution >= 4 is 21.8 Å². The third-order valence-corrected chi connectivity index (χ3v) is 5.05. The molecule has 3 nitrogen and oxygen atoms in total. The van der Waals surface area contributed by atoms with Gasteiger partial charge in [-0.3, -0.25) is 9.97 Å².